The lowest BCUT2D eigenvalue weighted by molar-refractivity contribution is -0.123. The number of hydrazone groups is 1. The summed E-state index contributed by atoms with van der Waals surface area (Å²) in [5, 5.41) is 3.95. The van der Waals surface area contributed by atoms with Gasteiger partial charge >= 0.3 is 0 Å². The van der Waals surface area contributed by atoms with E-state index in [0.717, 1.165) is 29.8 Å². The summed E-state index contributed by atoms with van der Waals surface area (Å²) >= 11 is 0. The second-order valence-corrected chi connectivity index (χ2v) is 6.24. The monoisotopic (exact) mass is 369 g/mol. The minimum atomic E-state index is -0.320. The Morgan fingerprint density at radius 1 is 1.04 bits per heavy atom. The van der Waals surface area contributed by atoms with Gasteiger partial charge in [0.15, 0.2) is 6.61 Å². The van der Waals surface area contributed by atoms with Gasteiger partial charge in [-0.2, -0.15) is 5.10 Å². The number of nitrogens with one attached hydrogen (secondary N) is 1. The summed E-state index contributed by atoms with van der Waals surface area (Å²) in [4.78, 5) is 13.8. The molecule has 0 radical (unpaired) electrons. The van der Waals surface area contributed by atoms with E-state index in [2.05, 4.69) is 17.5 Å². The lowest BCUT2D eigenvalue weighted by atomic mass is 10.2. The quantitative estimate of drug-likeness (QED) is 0.396. The molecule has 27 heavy (non-hydrogen) atoms. The molecule has 1 N–H and O–H groups in total. The SMILES string of the molecule is CCCCOc1ccc(OCC(=O)N/N=C\c2ccc(N(C)C)cc2)cc1. The van der Waals surface area contributed by atoms with Gasteiger partial charge in [-0.25, -0.2) is 5.43 Å². The van der Waals surface area contributed by atoms with Crippen molar-refractivity contribution in [3.05, 3.63) is 54.1 Å². The number of benzene rings is 2. The molecule has 144 valence electrons. The molecule has 0 atom stereocenters. The Kier molecular flexibility index (Phi) is 8.16. The van der Waals surface area contributed by atoms with Crippen LogP contribution in [0.5, 0.6) is 11.5 Å². The third-order valence-corrected chi connectivity index (χ3v) is 3.77. The number of carbonyl (C=O) groups is 1. The molecule has 0 unspecified atom stereocenters. The zero-order valence-corrected chi connectivity index (χ0v) is 16.1. The first-order valence-electron chi connectivity index (χ1n) is 9.03. The molecule has 0 fully saturated rings. The Labute approximate surface area is 160 Å². The molecule has 0 saturated carbocycles. The van der Waals surface area contributed by atoms with Gasteiger partial charge in [-0.15, -0.1) is 0 Å². The smallest absolute Gasteiger partial charge is 0.277 e. The van der Waals surface area contributed by atoms with Crippen LogP contribution in [0.1, 0.15) is 25.3 Å². The number of hydrogen-bond acceptors (Lipinski definition) is 5. The molecule has 0 aromatic heterocycles. The Morgan fingerprint density at radius 3 is 2.26 bits per heavy atom. The third kappa shape index (κ3) is 7.40. The van der Waals surface area contributed by atoms with Crippen LogP contribution in [0.25, 0.3) is 0 Å². The number of amides is 1. The number of ether oxygens (including phenoxy) is 2. The molecular weight excluding hydrogens is 342 g/mol. The maximum Gasteiger partial charge on any atom is 0.277 e. The fraction of sp³-hybridized carbons (Fsp3) is 0.333. The molecule has 6 heteroatoms. The molecule has 2 rings (SSSR count). The van der Waals surface area contributed by atoms with E-state index in [0.29, 0.717) is 12.4 Å². The topological polar surface area (TPSA) is 63.2 Å². The van der Waals surface area contributed by atoms with Crippen LogP contribution < -0.4 is 19.8 Å². The van der Waals surface area contributed by atoms with Gasteiger partial charge in [0.2, 0.25) is 0 Å². The number of anilines is 1. The van der Waals surface area contributed by atoms with Crippen molar-refractivity contribution in [1.82, 2.24) is 5.43 Å². The van der Waals surface area contributed by atoms with Gasteiger partial charge < -0.3 is 14.4 Å². The van der Waals surface area contributed by atoms with Crippen LogP contribution in [0.15, 0.2) is 53.6 Å². The summed E-state index contributed by atoms with van der Waals surface area (Å²) < 4.78 is 11.0. The van der Waals surface area contributed by atoms with E-state index in [9.17, 15) is 4.79 Å². The predicted octanol–water partition coefficient (Wildman–Crippen LogP) is 3.46. The average molecular weight is 369 g/mol. The Hall–Kier alpha value is -3.02. The summed E-state index contributed by atoms with van der Waals surface area (Å²) in [5.74, 6) is 1.08. The largest absolute Gasteiger partial charge is 0.494 e. The van der Waals surface area contributed by atoms with Crippen molar-refractivity contribution in [3.63, 3.8) is 0 Å². The zero-order chi connectivity index (χ0) is 19.5. The van der Waals surface area contributed by atoms with Gasteiger partial charge in [-0.05, 0) is 48.4 Å². The molecule has 0 aliphatic heterocycles. The van der Waals surface area contributed by atoms with Gasteiger partial charge in [0.25, 0.3) is 5.91 Å². The van der Waals surface area contributed by atoms with Crippen LogP contribution in [-0.2, 0) is 4.79 Å². The van der Waals surface area contributed by atoms with Crippen LogP contribution in [0, 0.1) is 0 Å². The van der Waals surface area contributed by atoms with Crippen molar-refractivity contribution in [2.75, 3.05) is 32.2 Å². The van der Waals surface area contributed by atoms with E-state index < -0.39 is 0 Å². The highest BCUT2D eigenvalue weighted by Crippen LogP contribution is 2.17. The van der Waals surface area contributed by atoms with Crippen LogP contribution in [0.3, 0.4) is 0 Å². The normalized spacial score (nSPS) is 10.6. The Balaban J connectivity index is 1.72. The van der Waals surface area contributed by atoms with Crippen LogP contribution >= 0.6 is 0 Å². The lowest BCUT2D eigenvalue weighted by Gasteiger charge is -2.11. The van der Waals surface area contributed by atoms with Crippen molar-refractivity contribution in [1.29, 1.82) is 0 Å². The summed E-state index contributed by atoms with van der Waals surface area (Å²) in [5.41, 5.74) is 4.46. The maximum atomic E-state index is 11.8. The first-order valence-corrected chi connectivity index (χ1v) is 9.03. The first kappa shape index (κ1) is 20.3. The molecule has 0 aliphatic rings. The summed E-state index contributed by atoms with van der Waals surface area (Å²) in [7, 11) is 3.96. The van der Waals surface area contributed by atoms with E-state index in [-0.39, 0.29) is 12.5 Å². The Bertz CT molecular complexity index is 725. The number of carbonyl (C=O) groups excluding carboxylic acids is 1. The molecule has 0 heterocycles. The van der Waals surface area contributed by atoms with E-state index in [1.165, 1.54) is 0 Å². The van der Waals surface area contributed by atoms with Crippen molar-refractivity contribution in [2.45, 2.75) is 19.8 Å². The van der Waals surface area contributed by atoms with Gasteiger partial charge in [0.1, 0.15) is 11.5 Å². The second-order valence-electron chi connectivity index (χ2n) is 6.24. The molecule has 0 bridgehead atoms. The van der Waals surface area contributed by atoms with Crippen molar-refractivity contribution < 1.29 is 14.3 Å². The summed E-state index contributed by atoms with van der Waals surface area (Å²) in [6.07, 6.45) is 3.72. The van der Waals surface area contributed by atoms with Crippen molar-refractivity contribution in [3.8, 4) is 11.5 Å². The van der Waals surface area contributed by atoms with Crippen molar-refractivity contribution >= 4 is 17.8 Å². The highest BCUT2D eigenvalue weighted by molar-refractivity contribution is 5.83. The average Bonchev–Trinajstić information content (AvgIpc) is 2.68. The molecule has 2 aromatic carbocycles. The summed E-state index contributed by atoms with van der Waals surface area (Å²) in [6.45, 7) is 2.72. The fourth-order valence-corrected chi connectivity index (χ4v) is 2.18. The van der Waals surface area contributed by atoms with Gasteiger partial charge in [-0.1, -0.05) is 25.5 Å². The molecule has 0 saturated heterocycles. The van der Waals surface area contributed by atoms with E-state index in [1.807, 2.05) is 55.4 Å². The molecule has 0 aliphatic carbocycles. The summed E-state index contributed by atoms with van der Waals surface area (Å²) in [6, 6.07) is 15.1. The van der Waals surface area contributed by atoms with E-state index in [4.69, 9.17) is 9.47 Å². The minimum Gasteiger partial charge on any atom is -0.494 e. The number of hydrogen-bond donors (Lipinski definition) is 1. The van der Waals surface area contributed by atoms with Crippen LogP contribution in [0.2, 0.25) is 0 Å². The zero-order valence-electron chi connectivity index (χ0n) is 16.1. The third-order valence-electron chi connectivity index (χ3n) is 3.77. The maximum absolute atomic E-state index is 11.8. The number of unbranched alkanes of at least 4 members (excludes halogenated alkanes) is 1. The Morgan fingerprint density at radius 2 is 1.67 bits per heavy atom. The van der Waals surface area contributed by atoms with E-state index in [1.54, 1.807) is 18.3 Å². The molecule has 1 amide bonds. The van der Waals surface area contributed by atoms with Crippen LogP contribution in [-0.4, -0.2) is 39.4 Å². The van der Waals surface area contributed by atoms with Gasteiger partial charge in [0, 0.05) is 19.8 Å². The number of rotatable bonds is 10. The molecule has 0 spiro atoms. The highest BCUT2D eigenvalue weighted by atomic mass is 16.5. The fourth-order valence-electron chi connectivity index (χ4n) is 2.18. The lowest BCUT2D eigenvalue weighted by Crippen LogP contribution is -2.24. The standard InChI is InChI=1S/C21H27N3O3/c1-4-5-14-26-19-10-12-20(13-11-19)27-16-21(25)23-22-15-17-6-8-18(9-7-17)24(2)3/h6-13,15H,4-5,14,16H2,1-3H3,(H,23,25)/b22-15-. The molecule has 2 aromatic rings. The van der Waals surface area contributed by atoms with E-state index >= 15 is 0 Å². The van der Waals surface area contributed by atoms with Crippen molar-refractivity contribution in [2.24, 2.45) is 5.10 Å². The minimum absolute atomic E-state index is 0.104. The second kappa shape index (κ2) is 10.9. The highest BCUT2D eigenvalue weighted by Gasteiger charge is 2.02. The number of nitrogens with zero attached hydrogens (tertiary/aromatic N) is 2. The predicted molar refractivity (Wildman–Crippen MR) is 109 cm³/mol. The van der Waals surface area contributed by atoms with Crippen LogP contribution in [0.4, 0.5) is 5.69 Å². The molecule has 6 nitrogen and oxygen atoms in total. The van der Waals surface area contributed by atoms with Gasteiger partial charge in [-0.3, -0.25) is 4.79 Å². The first-order chi connectivity index (χ1) is 13.1. The van der Waals surface area contributed by atoms with Gasteiger partial charge in [0.05, 0.1) is 12.8 Å². The molecular formula is C21H27N3O3.